The number of thiophene rings is 1. The molecular formula is C12H11N3O4S2. The molecule has 1 aromatic carbocycles. The zero-order valence-corrected chi connectivity index (χ0v) is 12.2. The molecule has 2 amide bonds. The first-order chi connectivity index (χ1) is 9.83. The summed E-state index contributed by atoms with van der Waals surface area (Å²) < 4.78 is 26.7. The van der Waals surface area contributed by atoms with E-state index in [-0.39, 0.29) is 21.0 Å². The van der Waals surface area contributed by atoms with Gasteiger partial charge in [-0.1, -0.05) is 12.1 Å². The van der Waals surface area contributed by atoms with Crippen molar-refractivity contribution >= 4 is 38.9 Å². The minimum absolute atomic E-state index is 0.0391. The highest BCUT2D eigenvalue weighted by molar-refractivity contribution is 7.94. The number of sulfonamides is 1. The first-order valence-electron chi connectivity index (χ1n) is 5.62. The highest BCUT2D eigenvalue weighted by Crippen LogP contribution is 2.26. The van der Waals surface area contributed by atoms with Gasteiger partial charge < -0.3 is 11.5 Å². The topological polar surface area (TPSA) is 132 Å². The highest BCUT2D eigenvalue weighted by atomic mass is 32.2. The molecule has 0 atom stereocenters. The van der Waals surface area contributed by atoms with E-state index < -0.39 is 21.8 Å². The smallest absolute Gasteiger partial charge is 0.271 e. The second-order valence-electron chi connectivity index (χ2n) is 3.99. The van der Waals surface area contributed by atoms with Crippen LogP contribution >= 0.6 is 11.3 Å². The number of anilines is 1. The molecule has 0 saturated carbocycles. The van der Waals surface area contributed by atoms with Crippen LogP contribution in [0.15, 0.2) is 39.9 Å². The molecule has 2 aromatic rings. The summed E-state index contributed by atoms with van der Waals surface area (Å²) in [6.07, 6.45) is 0. The summed E-state index contributed by atoms with van der Waals surface area (Å²) in [6, 6.07) is 6.96. The summed E-state index contributed by atoms with van der Waals surface area (Å²) in [5.41, 5.74) is 9.91. The first-order valence-corrected chi connectivity index (χ1v) is 7.98. The SMILES string of the molecule is NC(=O)c1cccc(C(N)=O)c1NS(=O)(=O)c1cccs1. The third-order valence-electron chi connectivity index (χ3n) is 2.59. The molecule has 0 unspecified atom stereocenters. The average Bonchev–Trinajstić information content (AvgIpc) is 2.92. The van der Waals surface area contributed by atoms with E-state index in [2.05, 4.69) is 4.72 Å². The maximum absolute atomic E-state index is 12.2. The van der Waals surface area contributed by atoms with Crippen LogP contribution in [0.5, 0.6) is 0 Å². The molecule has 0 radical (unpaired) electrons. The van der Waals surface area contributed by atoms with E-state index >= 15 is 0 Å². The van der Waals surface area contributed by atoms with Gasteiger partial charge in [0.2, 0.25) is 0 Å². The van der Waals surface area contributed by atoms with E-state index in [4.69, 9.17) is 11.5 Å². The van der Waals surface area contributed by atoms with E-state index in [1.54, 1.807) is 11.4 Å². The van der Waals surface area contributed by atoms with Crippen LogP contribution in [0.1, 0.15) is 20.7 Å². The normalized spacial score (nSPS) is 11.0. The number of benzene rings is 1. The van der Waals surface area contributed by atoms with Gasteiger partial charge in [0.1, 0.15) is 4.21 Å². The van der Waals surface area contributed by atoms with Crippen molar-refractivity contribution in [2.45, 2.75) is 4.21 Å². The quantitative estimate of drug-likeness (QED) is 0.748. The Balaban J connectivity index is 2.58. The summed E-state index contributed by atoms with van der Waals surface area (Å²) in [4.78, 5) is 22.8. The van der Waals surface area contributed by atoms with Crippen LogP contribution in [-0.2, 0) is 10.0 Å². The lowest BCUT2D eigenvalue weighted by molar-refractivity contribution is 0.0999. The molecule has 9 heteroatoms. The Bertz CT molecular complexity index is 766. The largest absolute Gasteiger partial charge is 0.366 e. The molecule has 7 nitrogen and oxygen atoms in total. The molecule has 2 rings (SSSR count). The van der Waals surface area contributed by atoms with Crippen molar-refractivity contribution in [3.05, 3.63) is 46.8 Å². The minimum atomic E-state index is -3.93. The van der Waals surface area contributed by atoms with Crippen molar-refractivity contribution in [2.24, 2.45) is 11.5 Å². The predicted octanol–water partition coefficient (Wildman–Crippen LogP) is 0.747. The molecule has 110 valence electrons. The van der Waals surface area contributed by atoms with Crippen LogP contribution in [0, 0.1) is 0 Å². The lowest BCUT2D eigenvalue weighted by atomic mass is 10.1. The molecule has 1 heterocycles. The van der Waals surface area contributed by atoms with E-state index in [0.29, 0.717) is 0 Å². The number of amides is 2. The monoisotopic (exact) mass is 325 g/mol. The maximum atomic E-state index is 12.2. The Kier molecular flexibility index (Phi) is 3.96. The number of para-hydroxylation sites is 1. The first kappa shape index (κ1) is 15.0. The molecule has 1 aromatic heterocycles. The second-order valence-corrected chi connectivity index (χ2v) is 6.85. The van der Waals surface area contributed by atoms with Crippen LogP contribution < -0.4 is 16.2 Å². The van der Waals surface area contributed by atoms with Gasteiger partial charge in [0.05, 0.1) is 16.8 Å². The molecule has 0 saturated heterocycles. The van der Waals surface area contributed by atoms with Crippen LogP contribution in [0.25, 0.3) is 0 Å². The fraction of sp³-hybridized carbons (Fsp3) is 0. The van der Waals surface area contributed by atoms with Gasteiger partial charge in [0.25, 0.3) is 21.8 Å². The Labute approximate surface area is 124 Å². The van der Waals surface area contributed by atoms with Crippen LogP contribution in [0.3, 0.4) is 0 Å². The molecule has 0 spiro atoms. The standard InChI is InChI=1S/C12H11N3O4S2/c13-11(16)7-3-1-4-8(12(14)17)10(7)15-21(18,19)9-5-2-6-20-9/h1-6,15H,(H2,13,16)(H2,14,17). The molecule has 0 fully saturated rings. The van der Waals surface area contributed by atoms with E-state index in [0.717, 1.165) is 11.3 Å². The van der Waals surface area contributed by atoms with E-state index in [9.17, 15) is 18.0 Å². The van der Waals surface area contributed by atoms with Gasteiger partial charge in [0, 0.05) is 0 Å². The number of carbonyl (C=O) groups is 2. The Hall–Kier alpha value is -2.39. The lowest BCUT2D eigenvalue weighted by Gasteiger charge is -2.13. The number of hydrogen-bond donors (Lipinski definition) is 3. The number of hydrogen-bond acceptors (Lipinski definition) is 5. The van der Waals surface area contributed by atoms with Crippen LogP contribution in [0.4, 0.5) is 5.69 Å². The number of nitrogens with two attached hydrogens (primary N) is 2. The predicted molar refractivity (Wildman–Crippen MR) is 78.6 cm³/mol. The summed E-state index contributed by atoms with van der Waals surface area (Å²) in [7, 11) is -3.93. The summed E-state index contributed by atoms with van der Waals surface area (Å²) in [5, 5.41) is 1.59. The molecule has 21 heavy (non-hydrogen) atoms. The maximum Gasteiger partial charge on any atom is 0.271 e. The molecule has 0 aliphatic rings. The minimum Gasteiger partial charge on any atom is -0.366 e. The summed E-state index contributed by atoms with van der Waals surface area (Å²) >= 11 is 0.995. The van der Waals surface area contributed by atoms with Gasteiger partial charge >= 0.3 is 0 Å². The number of rotatable bonds is 5. The Morgan fingerprint density at radius 3 is 2.00 bits per heavy atom. The summed E-state index contributed by atoms with van der Waals surface area (Å²) in [6.45, 7) is 0. The Morgan fingerprint density at radius 1 is 1.00 bits per heavy atom. The Morgan fingerprint density at radius 2 is 1.57 bits per heavy atom. The molecule has 0 aliphatic heterocycles. The molecule has 0 bridgehead atoms. The third-order valence-corrected chi connectivity index (χ3v) is 5.34. The van der Waals surface area contributed by atoms with Gasteiger partial charge in [-0.15, -0.1) is 11.3 Å². The number of nitrogens with one attached hydrogen (secondary N) is 1. The molecular weight excluding hydrogens is 314 g/mol. The fourth-order valence-electron chi connectivity index (χ4n) is 1.67. The second kappa shape index (κ2) is 5.54. The summed E-state index contributed by atoms with van der Waals surface area (Å²) in [5.74, 6) is -1.75. The number of carbonyl (C=O) groups excluding carboxylic acids is 2. The molecule has 0 aliphatic carbocycles. The van der Waals surface area contributed by atoms with Crippen molar-refractivity contribution in [3.8, 4) is 0 Å². The van der Waals surface area contributed by atoms with Crippen molar-refractivity contribution in [1.29, 1.82) is 0 Å². The lowest BCUT2D eigenvalue weighted by Crippen LogP contribution is -2.22. The van der Waals surface area contributed by atoms with E-state index in [1.165, 1.54) is 24.3 Å². The van der Waals surface area contributed by atoms with Gasteiger partial charge in [0.15, 0.2) is 0 Å². The van der Waals surface area contributed by atoms with Gasteiger partial charge in [-0.05, 0) is 23.6 Å². The number of primary amides is 2. The average molecular weight is 325 g/mol. The van der Waals surface area contributed by atoms with Crippen LogP contribution in [0.2, 0.25) is 0 Å². The van der Waals surface area contributed by atoms with Crippen LogP contribution in [-0.4, -0.2) is 20.2 Å². The fourth-order valence-corrected chi connectivity index (χ4v) is 3.77. The van der Waals surface area contributed by atoms with Gasteiger partial charge in [-0.2, -0.15) is 0 Å². The van der Waals surface area contributed by atoms with Crippen molar-refractivity contribution in [3.63, 3.8) is 0 Å². The van der Waals surface area contributed by atoms with Crippen molar-refractivity contribution in [1.82, 2.24) is 0 Å². The highest BCUT2D eigenvalue weighted by Gasteiger charge is 2.22. The third kappa shape index (κ3) is 3.03. The zero-order chi connectivity index (χ0) is 15.6. The zero-order valence-electron chi connectivity index (χ0n) is 10.6. The van der Waals surface area contributed by atoms with Crippen molar-refractivity contribution < 1.29 is 18.0 Å². The van der Waals surface area contributed by atoms with Crippen molar-refractivity contribution in [2.75, 3.05) is 4.72 Å². The van der Waals surface area contributed by atoms with E-state index in [1.807, 2.05) is 0 Å². The van der Waals surface area contributed by atoms with Gasteiger partial charge in [-0.25, -0.2) is 8.42 Å². The molecule has 5 N–H and O–H groups in total. The van der Waals surface area contributed by atoms with Gasteiger partial charge in [-0.3, -0.25) is 14.3 Å².